The number of aryl methyl sites for hydroxylation is 2. The van der Waals surface area contributed by atoms with E-state index in [0.29, 0.717) is 16.3 Å². The molecule has 0 saturated heterocycles. The zero-order valence-electron chi connectivity index (χ0n) is 11.7. The number of nitrogens with zero attached hydrogens (tertiary/aromatic N) is 1. The molecule has 2 atom stereocenters. The average molecular weight is 295 g/mol. The first-order valence-corrected chi connectivity index (χ1v) is 8.30. The van der Waals surface area contributed by atoms with Gasteiger partial charge in [0.25, 0.3) is 0 Å². The topological polar surface area (TPSA) is 50.9 Å². The van der Waals surface area contributed by atoms with Crippen LogP contribution in [0.5, 0.6) is 0 Å². The third kappa shape index (κ3) is 3.20. The van der Waals surface area contributed by atoms with Crippen molar-refractivity contribution in [3.8, 4) is 0 Å². The van der Waals surface area contributed by atoms with Gasteiger partial charge in [0.1, 0.15) is 10.8 Å². The van der Waals surface area contributed by atoms with Crippen molar-refractivity contribution >= 4 is 34.8 Å². The summed E-state index contributed by atoms with van der Waals surface area (Å²) in [5.41, 5.74) is 8.85. The van der Waals surface area contributed by atoms with E-state index in [4.69, 9.17) is 18.0 Å². The van der Waals surface area contributed by atoms with Crippen LogP contribution in [0.25, 0.3) is 0 Å². The Morgan fingerprint density at radius 1 is 1.47 bits per heavy atom. The van der Waals surface area contributed by atoms with Gasteiger partial charge in [-0.05, 0) is 44.6 Å². The summed E-state index contributed by atoms with van der Waals surface area (Å²) in [5.74, 6) is 0.857. The van der Waals surface area contributed by atoms with Crippen LogP contribution >= 0.6 is 24.0 Å². The van der Waals surface area contributed by atoms with Gasteiger partial charge in [0.15, 0.2) is 0 Å². The zero-order valence-corrected chi connectivity index (χ0v) is 13.3. The van der Waals surface area contributed by atoms with Gasteiger partial charge < -0.3 is 11.1 Å². The second-order valence-electron chi connectivity index (χ2n) is 5.12. The summed E-state index contributed by atoms with van der Waals surface area (Å²) in [4.78, 5) is 5.02. The fraction of sp³-hybridized carbons (Fsp3) is 0.571. The molecule has 5 heteroatoms. The molecule has 0 spiro atoms. The lowest BCUT2D eigenvalue weighted by Crippen LogP contribution is -2.28. The normalized spacial score (nSPS) is 22.5. The maximum Gasteiger partial charge on any atom is 0.137 e. The van der Waals surface area contributed by atoms with Gasteiger partial charge in [0.2, 0.25) is 0 Å². The van der Waals surface area contributed by atoms with Crippen LogP contribution < -0.4 is 11.1 Å². The van der Waals surface area contributed by atoms with Crippen LogP contribution in [0.4, 0.5) is 5.82 Å². The van der Waals surface area contributed by atoms with Crippen molar-refractivity contribution in [1.82, 2.24) is 4.98 Å². The van der Waals surface area contributed by atoms with Crippen molar-refractivity contribution in [2.45, 2.75) is 44.4 Å². The van der Waals surface area contributed by atoms with Crippen molar-refractivity contribution in [3.63, 3.8) is 0 Å². The quantitative estimate of drug-likeness (QED) is 0.836. The van der Waals surface area contributed by atoms with Crippen molar-refractivity contribution < 1.29 is 0 Å². The first-order valence-electron chi connectivity index (χ1n) is 6.60. The van der Waals surface area contributed by atoms with Gasteiger partial charge in [-0.15, -0.1) is 0 Å². The SMILES string of the molecule is CSC1CCCC1Nc1nc(C)cc(C)c1C(N)=S. The smallest absolute Gasteiger partial charge is 0.137 e. The minimum absolute atomic E-state index is 0.422. The Bertz CT molecular complexity index is 488. The van der Waals surface area contributed by atoms with Crippen LogP contribution in [0.1, 0.15) is 36.1 Å². The molecule has 104 valence electrons. The zero-order chi connectivity index (χ0) is 14.0. The van der Waals surface area contributed by atoms with E-state index in [0.717, 1.165) is 22.6 Å². The lowest BCUT2D eigenvalue weighted by Gasteiger charge is -2.22. The first-order chi connectivity index (χ1) is 9.02. The molecule has 3 nitrogen and oxygen atoms in total. The Labute approximate surface area is 124 Å². The highest BCUT2D eigenvalue weighted by atomic mass is 32.2. The van der Waals surface area contributed by atoms with Crippen molar-refractivity contribution in [2.75, 3.05) is 11.6 Å². The fourth-order valence-electron chi connectivity index (χ4n) is 2.80. The highest BCUT2D eigenvalue weighted by molar-refractivity contribution is 7.99. The number of hydrogen-bond donors (Lipinski definition) is 2. The predicted molar refractivity (Wildman–Crippen MR) is 88.2 cm³/mol. The lowest BCUT2D eigenvalue weighted by molar-refractivity contribution is 0.762. The van der Waals surface area contributed by atoms with Gasteiger partial charge in [0, 0.05) is 17.0 Å². The maximum atomic E-state index is 5.85. The van der Waals surface area contributed by atoms with Crippen LogP contribution in [0.3, 0.4) is 0 Å². The molecule has 3 N–H and O–H groups in total. The molecule has 1 fully saturated rings. The predicted octanol–water partition coefficient (Wildman–Crippen LogP) is 3.03. The summed E-state index contributed by atoms with van der Waals surface area (Å²) in [6, 6.07) is 2.50. The molecule has 0 radical (unpaired) electrons. The molecule has 19 heavy (non-hydrogen) atoms. The molecule has 0 aromatic carbocycles. The second-order valence-corrected chi connectivity index (χ2v) is 6.64. The number of anilines is 1. The van der Waals surface area contributed by atoms with Gasteiger partial charge in [0.05, 0.1) is 5.56 Å². The molecule has 1 aliphatic rings. The van der Waals surface area contributed by atoms with E-state index in [-0.39, 0.29) is 0 Å². The lowest BCUT2D eigenvalue weighted by atomic mass is 10.1. The number of nitrogens with one attached hydrogen (secondary N) is 1. The highest BCUT2D eigenvalue weighted by Gasteiger charge is 2.27. The van der Waals surface area contributed by atoms with E-state index >= 15 is 0 Å². The molecule has 2 unspecified atom stereocenters. The molecule has 2 rings (SSSR count). The van der Waals surface area contributed by atoms with Crippen molar-refractivity contribution in [3.05, 3.63) is 22.9 Å². The Balaban J connectivity index is 2.31. The Hall–Kier alpha value is -0.810. The summed E-state index contributed by atoms with van der Waals surface area (Å²) in [6.07, 6.45) is 5.91. The number of nitrogens with two attached hydrogens (primary N) is 1. The summed E-state index contributed by atoms with van der Waals surface area (Å²) in [7, 11) is 0. The summed E-state index contributed by atoms with van der Waals surface area (Å²) in [6.45, 7) is 4.04. The standard InChI is InChI=1S/C14H21N3S2/c1-8-7-9(2)16-14(12(8)13(15)18)17-10-5-4-6-11(10)19-3/h7,10-11H,4-6H2,1-3H3,(H2,15,18)(H,16,17). The Kier molecular flexibility index (Phi) is 4.68. The first kappa shape index (κ1) is 14.6. The van der Waals surface area contributed by atoms with Gasteiger partial charge in [-0.2, -0.15) is 11.8 Å². The van der Waals surface area contributed by atoms with E-state index in [1.165, 1.54) is 19.3 Å². The number of thiocarbonyl (C=S) groups is 1. The number of aromatic nitrogens is 1. The molecule has 0 amide bonds. The largest absolute Gasteiger partial charge is 0.389 e. The average Bonchev–Trinajstić information content (AvgIpc) is 2.74. The van der Waals surface area contributed by atoms with Crippen LogP contribution in [0, 0.1) is 13.8 Å². The molecule has 1 aromatic heterocycles. The van der Waals surface area contributed by atoms with Crippen LogP contribution in [0.15, 0.2) is 6.07 Å². The number of thioether (sulfide) groups is 1. The van der Waals surface area contributed by atoms with E-state index in [9.17, 15) is 0 Å². The van der Waals surface area contributed by atoms with E-state index in [1.807, 2.05) is 31.7 Å². The summed E-state index contributed by atoms with van der Waals surface area (Å²) < 4.78 is 0. The van der Waals surface area contributed by atoms with Crippen LogP contribution in [-0.4, -0.2) is 27.5 Å². The summed E-state index contributed by atoms with van der Waals surface area (Å²) >= 11 is 7.10. The third-order valence-corrected chi connectivity index (χ3v) is 5.04. The molecule has 0 aliphatic heterocycles. The maximum absolute atomic E-state index is 5.85. The number of pyridine rings is 1. The van der Waals surface area contributed by atoms with Gasteiger partial charge in [-0.1, -0.05) is 18.6 Å². The van der Waals surface area contributed by atoms with E-state index in [1.54, 1.807) is 0 Å². The fourth-order valence-corrected chi connectivity index (χ4v) is 3.99. The number of hydrogen-bond acceptors (Lipinski definition) is 4. The Morgan fingerprint density at radius 3 is 2.84 bits per heavy atom. The number of rotatable bonds is 4. The molecule has 1 heterocycles. The van der Waals surface area contributed by atoms with Crippen molar-refractivity contribution in [1.29, 1.82) is 0 Å². The van der Waals surface area contributed by atoms with Gasteiger partial charge in [-0.25, -0.2) is 4.98 Å². The molecule has 0 bridgehead atoms. The Morgan fingerprint density at radius 2 is 2.21 bits per heavy atom. The van der Waals surface area contributed by atoms with E-state index in [2.05, 4.69) is 16.6 Å². The molecule has 1 aliphatic carbocycles. The van der Waals surface area contributed by atoms with Gasteiger partial charge in [-0.3, -0.25) is 0 Å². The van der Waals surface area contributed by atoms with Crippen molar-refractivity contribution in [2.24, 2.45) is 5.73 Å². The van der Waals surface area contributed by atoms with Crippen LogP contribution in [0.2, 0.25) is 0 Å². The minimum atomic E-state index is 0.422. The van der Waals surface area contributed by atoms with Gasteiger partial charge >= 0.3 is 0 Å². The minimum Gasteiger partial charge on any atom is -0.389 e. The van der Waals surface area contributed by atoms with Crippen LogP contribution in [-0.2, 0) is 0 Å². The molecular formula is C14H21N3S2. The van der Waals surface area contributed by atoms with E-state index < -0.39 is 0 Å². The molecule has 1 aromatic rings. The molecular weight excluding hydrogens is 274 g/mol. The monoisotopic (exact) mass is 295 g/mol. The third-order valence-electron chi connectivity index (χ3n) is 3.67. The molecule has 1 saturated carbocycles. The summed E-state index contributed by atoms with van der Waals surface area (Å²) in [5, 5.41) is 4.23. The second kappa shape index (κ2) is 6.09. The highest BCUT2D eigenvalue weighted by Crippen LogP contribution is 2.31.